The van der Waals surface area contributed by atoms with Crippen LogP contribution in [0.5, 0.6) is 0 Å². The van der Waals surface area contributed by atoms with Crippen LogP contribution in [0.2, 0.25) is 0 Å². The first-order valence-corrected chi connectivity index (χ1v) is 9.45. The molecule has 1 aliphatic carbocycles. The van der Waals surface area contributed by atoms with E-state index < -0.39 is 5.41 Å². The van der Waals surface area contributed by atoms with Gasteiger partial charge in [0.05, 0.1) is 25.6 Å². The number of hydrogen-bond donors (Lipinski definition) is 0. The third kappa shape index (κ3) is 4.38. The number of methoxy groups -OCH3 is 2. The Morgan fingerprint density at radius 2 is 1.84 bits per heavy atom. The Kier molecular flexibility index (Phi) is 6.94. The minimum atomic E-state index is -0.581. The van der Waals surface area contributed by atoms with Crippen LogP contribution in [-0.2, 0) is 14.3 Å². The number of carbonyl (C=O) groups excluding carboxylic acids is 1. The van der Waals surface area contributed by atoms with Gasteiger partial charge in [0, 0.05) is 13.1 Å². The number of amides is 1. The molecule has 0 N–H and O–H groups in total. The van der Waals surface area contributed by atoms with Crippen molar-refractivity contribution in [3.63, 3.8) is 0 Å². The molecule has 0 atom stereocenters. The summed E-state index contributed by atoms with van der Waals surface area (Å²) in [6.45, 7) is 4.85. The molecule has 1 saturated heterocycles. The van der Waals surface area contributed by atoms with E-state index in [-0.39, 0.29) is 11.8 Å². The Hall–Kier alpha value is -1.49. The normalized spacial score (nSPS) is 26.2. The van der Waals surface area contributed by atoms with E-state index in [2.05, 4.69) is 38.1 Å². The van der Waals surface area contributed by atoms with Crippen LogP contribution in [0.15, 0.2) is 23.7 Å². The van der Waals surface area contributed by atoms with Crippen molar-refractivity contribution in [3.8, 4) is 0 Å². The van der Waals surface area contributed by atoms with E-state index in [1.807, 2.05) is 4.90 Å². The summed E-state index contributed by atoms with van der Waals surface area (Å²) < 4.78 is 11.3. The fourth-order valence-corrected chi connectivity index (χ4v) is 3.90. The molecular formula is C20H34N2O3. The molecule has 142 valence electrons. The van der Waals surface area contributed by atoms with Crippen molar-refractivity contribution in [2.75, 3.05) is 47.9 Å². The standard InChI is InChI=1S/C20H34N2O3/c1-6-9-16-17(24-4)14-20(15-18(16)25-5)10-13-22(19(20)23)12-8-7-11-21(2)3/h14-16H,6-13H2,1-5H3. The van der Waals surface area contributed by atoms with Gasteiger partial charge in [-0.05, 0) is 58.5 Å². The molecule has 1 fully saturated rings. The molecule has 1 spiro atoms. The highest BCUT2D eigenvalue weighted by Gasteiger charge is 2.47. The van der Waals surface area contributed by atoms with E-state index in [9.17, 15) is 4.79 Å². The monoisotopic (exact) mass is 350 g/mol. The van der Waals surface area contributed by atoms with Crippen molar-refractivity contribution < 1.29 is 14.3 Å². The highest BCUT2D eigenvalue weighted by molar-refractivity contribution is 5.89. The minimum absolute atomic E-state index is 0.132. The molecule has 5 nitrogen and oxygen atoms in total. The van der Waals surface area contributed by atoms with Crippen LogP contribution in [0.4, 0.5) is 0 Å². The third-order valence-corrected chi connectivity index (χ3v) is 5.30. The first kappa shape index (κ1) is 19.8. The lowest BCUT2D eigenvalue weighted by molar-refractivity contribution is -0.132. The molecule has 2 rings (SSSR count). The molecule has 1 aliphatic heterocycles. The average molecular weight is 351 g/mol. The lowest BCUT2D eigenvalue weighted by atomic mass is 9.77. The fraction of sp³-hybridized carbons (Fsp3) is 0.750. The SMILES string of the molecule is CCCC1C(OC)=CC2(C=C1OC)CCN(CCCCN(C)C)C2=O. The maximum atomic E-state index is 13.1. The molecule has 0 aromatic carbocycles. The zero-order valence-corrected chi connectivity index (χ0v) is 16.5. The zero-order valence-electron chi connectivity index (χ0n) is 16.5. The lowest BCUT2D eigenvalue weighted by Gasteiger charge is -2.32. The van der Waals surface area contributed by atoms with Crippen LogP contribution in [0, 0.1) is 11.3 Å². The molecule has 25 heavy (non-hydrogen) atoms. The predicted octanol–water partition coefficient (Wildman–Crippen LogP) is 3.04. The molecule has 0 aromatic heterocycles. The molecule has 0 unspecified atom stereocenters. The smallest absolute Gasteiger partial charge is 0.236 e. The summed E-state index contributed by atoms with van der Waals surface area (Å²) in [7, 11) is 7.55. The summed E-state index contributed by atoms with van der Waals surface area (Å²) in [5.41, 5.74) is -0.581. The van der Waals surface area contributed by atoms with Gasteiger partial charge in [0.1, 0.15) is 11.5 Å². The summed E-state index contributed by atoms with van der Waals surface area (Å²) >= 11 is 0. The number of nitrogens with zero attached hydrogens (tertiary/aromatic N) is 2. The second-order valence-corrected chi connectivity index (χ2v) is 7.44. The number of rotatable bonds is 9. The Labute approximate surface area is 152 Å². The van der Waals surface area contributed by atoms with Gasteiger partial charge in [-0.15, -0.1) is 0 Å². The van der Waals surface area contributed by atoms with Gasteiger partial charge in [0.25, 0.3) is 0 Å². The van der Waals surface area contributed by atoms with Crippen LogP contribution in [-0.4, -0.2) is 63.7 Å². The van der Waals surface area contributed by atoms with Gasteiger partial charge < -0.3 is 19.3 Å². The van der Waals surface area contributed by atoms with Crippen molar-refractivity contribution in [2.24, 2.45) is 11.3 Å². The fourth-order valence-electron chi connectivity index (χ4n) is 3.90. The van der Waals surface area contributed by atoms with Gasteiger partial charge in [0.2, 0.25) is 5.91 Å². The molecule has 2 aliphatic rings. The molecule has 0 radical (unpaired) electrons. The van der Waals surface area contributed by atoms with E-state index in [0.29, 0.717) is 0 Å². The Balaban J connectivity index is 2.11. The predicted molar refractivity (Wildman–Crippen MR) is 100 cm³/mol. The van der Waals surface area contributed by atoms with E-state index >= 15 is 0 Å². The summed E-state index contributed by atoms with van der Waals surface area (Å²) in [6.07, 6.45) is 9.08. The minimum Gasteiger partial charge on any atom is -0.501 e. The molecule has 1 heterocycles. The Morgan fingerprint density at radius 1 is 1.20 bits per heavy atom. The van der Waals surface area contributed by atoms with Crippen LogP contribution < -0.4 is 0 Å². The lowest BCUT2D eigenvalue weighted by Crippen LogP contribution is -2.36. The second kappa shape index (κ2) is 8.75. The van der Waals surface area contributed by atoms with Gasteiger partial charge >= 0.3 is 0 Å². The van der Waals surface area contributed by atoms with Gasteiger partial charge in [-0.2, -0.15) is 0 Å². The van der Waals surface area contributed by atoms with Gasteiger partial charge in [-0.25, -0.2) is 0 Å². The molecule has 0 aromatic rings. The highest BCUT2D eigenvalue weighted by atomic mass is 16.5. The maximum absolute atomic E-state index is 13.1. The van der Waals surface area contributed by atoms with E-state index in [1.165, 1.54) is 0 Å². The van der Waals surface area contributed by atoms with Gasteiger partial charge in [-0.1, -0.05) is 13.3 Å². The Bertz CT molecular complexity index is 503. The number of likely N-dealkylation sites (tertiary alicyclic amines) is 1. The zero-order chi connectivity index (χ0) is 18.4. The third-order valence-electron chi connectivity index (χ3n) is 5.30. The van der Waals surface area contributed by atoms with Crippen LogP contribution in [0.25, 0.3) is 0 Å². The average Bonchev–Trinajstić information content (AvgIpc) is 2.89. The maximum Gasteiger partial charge on any atom is 0.236 e. The summed E-state index contributed by atoms with van der Waals surface area (Å²) in [5, 5.41) is 0. The molecule has 0 saturated carbocycles. The largest absolute Gasteiger partial charge is 0.501 e. The van der Waals surface area contributed by atoms with E-state index in [0.717, 1.165) is 63.3 Å². The van der Waals surface area contributed by atoms with Crippen LogP contribution in [0.1, 0.15) is 39.0 Å². The second-order valence-electron chi connectivity index (χ2n) is 7.44. The first-order valence-electron chi connectivity index (χ1n) is 9.45. The highest BCUT2D eigenvalue weighted by Crippen LogP contribution is 2.44. The topological polar surface area (TPSA) is 42.0 Å². The van der Waals surface area contributed by atoms with Crippen molar-refractivity contribution in [2.45, 2.75) is 39.0 Å². The molecular weight excluding hydrogens is 316 g/mol. The van der Waals surface area contributed by atoms with E-state index in [1.54, 1.807) is 14.2 Å². The summed E-state index contributed by atoms with van der Waals surface area (Å²) in [5.74, 6) is 2.08. The van der Waals surface area contributed by atoms with Gasteiger partial charge in [-0.3, -0.25) is 4.79 Å². The van der Waals surface area contributed by atoms with Crippen molar-refractivity contribution in [1.82, 2.24) is 9.80 Å². The summed E-state index contributed by atoms with van der Waals surface area (Å²) in [6, 6.07) is 0. The number of carbonyl (C=O) groups is 1. The molecule has 5 heteroatoms. The number of hydrogen-bond acceptors (Lipinski definition) is 4. The van der Waals surface area contributed by atoms with Gasteiger partial charge in [0.15, 0.2) is 0 Å². The first-order chi connectivity index (χ1) is 12.0. The van der Waals surface area contributed by atoms with Crippen molar-refractivity contribution >= 4 is 5.91 Å². The number of ether oxygens (including phenoxy) is 2. The molecule has 1 amide bonds. The van der Waals surface area contributed by atoms with Crippen molar-refractivity contribution in [3.05, 3.63) is 23.7 Å². The van der Waals surface area contributed by atoms with E-state index in [4.69, 9.17) is 9.47 Å². The Morgan fingerprint density at radius 3 is 2.36 bits per heavy atom. The number of unbranched alkanes of at least 4 members (excludes halogenated alkanes) is 1. The quantitative estimate of drug-likeness (QED) is 0.600. The van der Waals surface area contributed by atoms with Crippen LogP contribution in [0.3, 0.4) is 0 Å². The summed E-state index contributed by atoms with van der Waals surface area (Å²) in [4.78, 5) is 17.3. The van der Waals surface area contributed by atoms with Crippen molar-refractivity contribution in [1.29, 1.82) is 0 Å². The molecule has 0 bridgehead atoms. The van der Waals surface area contributed by atoms with Crippen LogP contribution >= 0.6 is 0 Å².